The fourth-order valence-electron chi connectivity index (χ4n) is 2.06. The molecule has 2 rings (SSSR count). The Hall–Kier alpha value is -1.81. The highest BCUT2D eigenvalue weighted by molar-refractivity contribution is 5.85. The van der Waals surface area contributed by atoms with Gasteiger partial charge in [-0.3, -0.25) is 4.79 Å². The number of hydrogen-bond donors (Lipinski definition) is 1. The molecule has 0 fully saturated rings. The third-order valence-electron chi connectivity index (χ3n) is 2.92. The number of aryl methyl sites for hydroxylation is 1. The summed E-state index contributed by atoms with van der Waals surface area (Å²) in [6, 6.07) is 7.45. The van der Waals surface area contributed by atoms with E-state index in [-0.39, 0.29) is 5.97 Å². The predicted molar refractivity (Wildman–Crippen MR) is 66.6 cm³/mol. The molecule has 1 heterocycles. The van der Waals surface area contributed by atoms with Crippen LogP contribution in [0.2, 0.25) is 0 Å². The summed E-state index contributed by atoms with van der Waals surface area (Å²) < 4.78 is 6.67. The maximum Gasteiger partial charge on any atom is 0.322 e. The van der Waals surface area contributed by atoms with E-state index < -0.39 is 6.04 Å². The molecule has 1 aromatic heterocycles. The summed E-state index contributed by atoms with van der Waals surface area (Å²) in [4.78, 5) is 11.3. The minimum absolute atomic E-state index is 0.377. The summed E-state index contributed by atoms with van der Waals surface area (Å²) in [6.45, 7) is 0. The van der Waals surface area contributed by atoms with Gasteiger partial charge in [0.15, 0.2) is 0 Å². The average Bonchev–Trinajstić information content (AvgIpc) is 2.66. The number of aromatic nitrogens is 1. The summed E-state index contributed by atoms with van der Waals surface area (Å²) >= 11 is 0. The molecule has 4 heteroatoms. The van der Waals surface area contributed by atoms with Crippen molar-refractivity contribution in [2.24, 2.45) is 12.8 Å². The minimum Gasteiger partial charge on any atom is -0.468 e. The number of rotatable bonds is 3. The van der Waals surface area contributed by atoms with Gasteiger partial charge in [-0.25, -0.2) is 0 Å². The first-order valence-corrected chi connectivity index (χ1v) is 5.50. The molecular formula is C13H16N2O2. The highest BCUT2D eigenvalue weighted by atomic mass is 16.5. The van der Waals surface area contributed by atoms with Gasteiger partial charge in [-0.1, -0.05) is 18.2 Å². The topological polar surface area (TPSA) is 57.2 Å². The number of benzene rings is 1. The van der Waals surface area contributed by atoms with Crippen LogP contribution in [0.1, 0.15) is 5.56 Å². The van der Waals surface area contributed by atoms with Gasteiger partial charge in [0.2, 0.25) is 0 Å². The Bertz CT molecular complexity index is 545. The molecule has 0 aliphatic rings. The fraction of sp³-hybridized carbons (Fsp3) is 0.308. The smallest absolute Gasteiger partial charge is 0.322 e. The molecule has 17 heavy (non-hydrogen) atoms. The highest BCUT2D eigenvalue weighted by Crippen LogP contribution is 2.21. The van der Waals surface area contributed by atoms with E-state index in [0.29, 0.717) is 6.42 Å². The number of fused-ring (bicyclic) bond motifs is 1. The molecule has 0 unspecified atom stereocenters. The predicted octanol–water partition coefficient (Wildman–Crippen LogP) is 1.22. The molecule has 2 N–H and O–H groups in total. The lowest BCUT2D eigenvalue weighted by atomic mass is 10.1. The standard InChI is InChI=1S/C13H16N2O2/c1-15-8-9(7-11(14)13(16)17-2)10-5-3-4-6-12(10)15/h3-6,8,11H,7,14H2,1-2H3/t11-/m1/s1. The second-order valence-corrected chi connectivity index (χ2v) is 4.12. The Kier molecular flexibility index (Phi) is 3.15. The third kappa shape index (κ3) is 2.17. The van der Waals surface area contributed by atoms with Crippen LogP contribution < -0.4 is 5.73 Å². The quantitative estimate of drug-likeness (QED) is 0.809. The lowest BCUT2D eigenvalue weighted by Gasteiger charge is -2.07. The highest BCUT2D eigenvalue weighted by Gasteiger charge is 2.16. The molecule has 0 bridgehead atoms. The Labute approximate surface area is 100.0 Å². The third-order valence-corrected chi connectivity index (χ3v) is 2.92. The summed E-state index contributed by atoms with van der Waals surface area (Å²) in [5.41, 5.74) is 7.99. The van der Waals surface area contributed by atoms with Crippen molar-refractivity contribution in [2.75, 3.05) is 7.11 Å². The van der Waals surface area contributed by atoms with Gasteiger partial charge >= 0.3 is 5.97 Å². The largest absolute Gasteiger partial charge is 0.468 e. The molecule has 0 aliphatic heterocycles. The van der Waals surface area contributed by atoms with E-state index in [4.69, 9.17) is 5.73 Å². The van der Waals surface area contributed by atoms with Crippen molar-refractivity contribution in [1.82, 2.24) is 4.57 Å². The Morgan fingerprint density at radius 3 is 2.88 bits per heavy atom. The van der Waals surface area contributed by atoms with Gasteiger partial charge in [-0.05, 0) is 11.6 Å². The molecule has 2 aromatic rings. The first kappa shape index (κ1) is 11.7. The van der Waals surface area contributed by atoms with Crippen molar-refractivity contribution in [1.29, 1.82) is 0 Å². The van der Waals surface area contributed by atoms with Crippen LogP contribution in [0.25, 0.3) is 10.9 Å². The number of carbonyl (C=O) groups excluding carboxylic acids is 1. The number of methoxy groups -OCH3 is 1. The van der Waals surface area contributed by atoms with Crippen molar-refractivity contribution >= 4 is 16.9 Å². The summed E-state index contributed by atoms with van der Waals surface area (Å²) in [5, 5.41) is 1.13. The Morgan fingerprint density at radius 1 is 1.47 bits per heavy atom. The second-order valence-electron chi connectivity index (χ2n) is 4.12. The lowest BCUT2D eigenvalue weighted by Crippen LogP contribution is -2.33. The number of para-hydroxylation sites is 1. The van der Waals surface area contributed by atoms with E-state index in [1.54, 1.807) is 0 Å². The molecule has 0 amide bonds. The number of nitrogens with zero attached hydrogens (tertiary/aromatic N) is 1. The molecule has 90 valence electrons. The normalized spacial score (nSPS) is 12.6. The van der Waals surface area contributed by atoms with Gasteiger partial charge in [-0.15, -0.1) is 0 Å². The van der Waals surface area contributed by atoms with Gasteiger partial charge in [-0.2, -0.15) is 0 Å². The molecule has 1 atom stereocenters. The van der Waals surface area contributed by atoms with E-state index in [1.165, 1.54) is 7.11 Å². The van der Waals surface area contributed by atoms with Gasteiger partial charge in [0, 0.05) is 30.6 Å². The van der Waals surface area contributed by atoms with Crippen LogP contribution in [0, 0.1) is 0 Å². The SMILES string of the molecule is COC(=O)[C@H](N)Cc1cn(C)c2ccccc12. The van der Waals surface area contributed by atoms with E-state index in [1.807, 2.05) is 42.1 Å². The fourth-order valence-corrected chi connectivity index (χ4v) is 2.06. The molecule has 0 saturated heterocycles. The van der Waals surface area contributed by atoms with Gasteiger partial charge in [0.1, 0.15) is 6.04 Å². The minimum atomic E-state index is -0.606. The monoisotopic (exact) mass is 232 g/mol. The number of esters is 1. The molecule has 0 aliphatic carbocycles. The zero-order valence-electron chi connectivity index (χ0n) is 10.0. The van der Waals surface area contributed by atoms with Crippen LogP contribution in [0.3, 0.4) is 0 Å². The zero-order chi connectivity index (χ0) is 12.4. The van der Waals surface area contributed by atoms with Crippen LogP contribution in [0.4, 0.5) is 0 Å². The lowest BCUT2D eigenvalue weighted by molar-refractivity contribution is -0.142. The Morgan fingerprint density at radius 2 is 2.18 bits per heavy atom. The number of ether oxygens (including phenoxy) is 1. The molecular weight excluding hydrogens is 216 g/mol. The van der Waals surface area contributed by atoms with Crippen LogP contribution in [0.5, 0.6) is 0 Å². The summed E-state index contributed by atoms with van der Waals surface area (Å²) in [7, 11) is 3.33. The van der Waals surface area contributed by atoms with E-state index >= 15 is 0 Å². The second kappa shape index (κ2) is 4.59. The number of hydrogen-bond acceptors (Lipinski definition) is 3. The number of carbonyl (C=O) groups is 1. The van der Waals surface area contributed by atoms with Gasteiger partial charge in [0.05, 0.1) is 7.11 Å². The zero-order valence-corrected chi connectivity index (χ0v) is 10.0. The van der Waals surface area contributed by atoms with Crippen LogP contribution in [-0.2, 0) is 23.0 Å². The summed E-state index contributed by atoms with van der Waals surface area (Å²) in [6.07, 6.45) is 2.50. The molecule has 1 aromatic carbocycles. The van der Waals surface area contributed by atoms with Gasteiger partial charge in [0.25, 0.3) is 0 Å². The van der Waals surface area contributed by atoms with E-state index in [0.717, 1.165) is 16.5 Å². The number of nitrogens with two attached hydrogens (primary N) is 1. The van der Waals surface area contributed by atoms with Crippen LogP contribution >= 0.6 is 0 Å². The maximum atomic E-state index is 11.3. The van der Waals surface area contributed by atoms with Gasteiger partial charge < -0.3 is 15.0 Å². The van der Waals surface area contributed by atoms with Crippen LogP contribution in [0.15, 0.2) is 30.5 Å². The Balaban J connectivity index is 2.33. The van der Waals surface area contributed by atoms with Crippen molar-refractivity contribution in [2.45, 2.75) is 12.5 Å². The molecule has 0 saturated carbocycles. The molecule has 0 spiro atoms. The van der Waals surface area contributed by atoms with Crippen molar-refractivity contribution in [3.05, 3.63) is 36.0 Å². The first-order chi connectivity index (χ1) is 8.13. The maximum absolute atomic E-state index is 11.3. The van der Waals surface area contributed by atoms with Crippen LogP contribution in [-0.4, -0.2) is 23.7 Å². The first-order valence-electron chi connectivity index (χ1n) is 5.50. The average molecular weight is 232 g/mol. The van der Waals surface area contributed by atoms with Crippen molar-refractivity contribution in [3.63, 3.8) is 0 Å². The molecule has 0 radical (unpaired) electrons. The van der Waals surface area contributed by atoms with E-state index in [9.17, 15) is 4.79 Å². The summed E-state index contributed by atoms with van der Waals surface area (Å²) in [5.74, 6) is -0.377. The van der Waals surface area contributed by atoms with Crippen molar-refractivity contribution < 1.29 is 9.53 Å². The van der Waals surface area contributed by atoms with Crippen molar-refractivity contribution in [3.8, 4) is 0 Å². The molecule has 4 nitrogen and oxygen atoms in total. The van der Waals surface area contributed by atoms with E-state index in [2.05, 4.69) is 4.74 Å².